The van der Waals surface area contributed by atoms with Crippen LogP contribution in [-0.2, 0) is 14.8 Å². The first-order valence-corrected chi connectivity index (χ1v) is 9.16. The van der Waals surface area contributed by atoms with E-state index in [0.29, 0.717) is 31.2 Å². The van der Waals surface area contributed by atoms with Gasteiger partial charge in [-0.25, -0.2) is 8.42 Å². The highest BCUT2D eigenvalue weighted by molar-refractivity contribution is 7.89. The Bertz CT molecular complexity index is 564. The van der Waals surface area contributed by atoms with Crippen LogP contribution >= 0.6 is 0 Å². The molecule has 0 radical (unpaired) electrons. The summed E-state index contributed by atoms with van der Waals surface area (Å²) in [6, 6.07) is 7.13. The zero-order chi connectivity index (χ0) is 16.2. The maximum absolute atomic E-state index is 13.0. The third kappa shape index (κ3) is 4.29. The average Bonchev–Trinajstić information content (AvgIpc) is 2.48. The molecule has 0 atom stereocenters. The SMILES string of the molecule is Cc1ccc(S(=O)(=O)N(CCN(C)C)C2CCOCC2)cc1. The quantitative estimate of drug-likeness (QED) is 0.799. The number of nitrogens with zero attached hydrogens (tertiary/aromatic N) is 2. The van der Waals surface area contributed by atoms with Crippen molar-refractivity contribution in [3.63, 3.8) is 0 Å². The van der Waals surface area contributed by atoms with Crippen LogP contribution in [0, 0.1) is 6.92 Å². The van der Waals surface area contributed by atoms with Gasteiger partial charge in [0.05, 0.1) is 4.90 Å². The Kier molecular flexibility index (Phi) is 5.97. The number of hydrogen-bond donors (Lipinski definition) is 0. The number of benzene rings is 1. The normalized spacial score (nSPS) is 17.3. The van der Waals surface area contributed by atoms with E-state index in [4.69, 9.17) is 4.74 Å². The summed E-state index contributed by atoms with van der Waals surface area (Å²) in [5, 5.41) is 0. The molecule has 0 N–H and O–H groups in total. The standard InChI is InChI=1S/C16H26N2O3S/c1-14-4-6-16(7-5-14)22(19,20)18(11-10-17(2)3)15-8-12-21-13-9-15/h4-7,15H,8-13H2,1-3H3. The minimum absolute atomic E-state index is 0.0278. The molecule has 1 aliphatic heterocycles. The van der Waals surface area contributed by atoms with Crippen LogP contribution in [0.3, 0.4) is 0 Å². The highest BCUT2D eigenvalue weighted by atomic mass is 32.2. The maximum atomic E-state index is 13.0. The summed E-state index contributed by atoms with van der Waals surface area (Å²) in [7, 11) is 0.456. The fourth-order valence-electron chi connectivity index (χ4n) is 2.62. The van der Waals surface area contributed by atoms with E-state index in [1.165, 1.54) is 0 Å². The van der Waals surface area contributed by atoms with Crippen molar-refractivity contribution in [1.82, 2.24) is 9.21 Å². The van der Waals surface area contributed by atoms with Crippen molar-refractivity contribution >= 4 is 10.0 Å². The molecule has 0 amide bonds. The monoisotopic (exact) mass is 326 g/mol. The molecule has 1 aromatic rings. The molecule has 1 saturated heterocycles. The summed E-state index contributed by atoms with van der Waals surface area (Å²) in [6.07, 6.45) is 1.52. The molecule has 0 bridgehead atoms. The van der Waals surface area contributed by atoms with Crippen LogP contribution < -0.4 is 0 Å². The summed E-state index contributed by atoms with van der Waals surface area (Å²) >= 11 is 0. The van der Waals surface area contributed by atoms with Gasteiger partial charge in [0.15, 0.2) is 0 Å². The molecule has 5 nitrogen and oxygen atoms in total. The summed E-state index contributed by atoms with van der Waals surface area (Å²) in [5.41, 5.74) is 1.06. The molecule has 124 valence electrons. The van der Waals surface area contributed by atoms with E-state index in [2.05, 4.69) is 0 Å². The van der Waals surface area contributed by atoms with Crippen molar-refractivity contribution < 1.29 is 13.2 Å². The van der Waals surface area contributed by atoms with Crippen LogP contribution in [-0.4, -0.2) is 64.1 Å². The van der Waals surface area contributed by atoms with Crippen molar-refractivity contribution in [2.24, 2.45) is 0 Å². The minimum atomic E-state index is -3.46. The van der Waals surface area contributed by atoms with Gasteiger partial charge in [-0.1, -0.05) is 17.7 Å². The van der Waals surface area contributed by atoms with Gasteiger partial charge < -0.3 is 9.64 Å². The van der Waals surface area contributed by atoms with Gasteiger partial charge in [-0.2, -0.15) is 4.31 Å². The zero-order valence-electron chi connectivity index (χ0n) is 13.7. The lowest BCUT2D eigenvalue weighted by molar-refractivity contribution is 0.0573. The van der Waals surface area contributed by atoms with Crippen molar-refractivity contribution in [1.29, 1.82) is 0 Å². The third-order valence-corrected chi connectivity index (χ3v) is 5.96. The first-order chi connectivity index (χ1) is 10.4. The number of hydrogen-bond acceptors (Lipinski definition) is 4. The van der Waals surface area contributed by atoms with E-state index >= 15 is 0 Å². The number of sulfonamides is 1. The second-order valence-corrected chi connectivity index (χ2v) is 7.97. The smallest absolute Gasteiger partial charge is 0.243 e. The lowest BCUT2D eigenvalue weighted by Crippen LogP contribution is -2.46. The van der Waals surface area contributed by atoms with Crippen LogP contribution in [0.4, 0.5) is 0 Å². The van der Waals surface area contributed by atoms with Gasteiger partial charge in [0, 0.05) is 32.3 Å². The second kappa shape index (κ2) is 7.55. The van der Waals surface area contributed by atoms with Gasteiger partial charge in [-0.05, 0) is 46.0 Å². The number of aryl methyl sites for hydroxylation is 1. The number of rotatable bonds is 6. The van der Waals surface area contributed by atoms with Gasteiger partial charge in [-0.3, -0.25) is 0 Å². The third-order valence-electron chi connectivity index (χ3n) is 3.99. The predicted molar refractivity (Wildman–Crippen MR) is 87.5 cm³/mol. The van der Waals surface area contributed by atoms with Crippen molar-refractivity contribution in [3.05, 3.63) is 29.8 Å². The molecule has 0 saturated carbocycles. The van der Waals surface area contributed by atoms with E-state index in [0.717, 1.165) is 18.4 Å². The molecular formula is C16H26N2O3S. The molecular weight excluding hydrogens is 300 g/mol. The molecule has 0 aliphatic carbocycles. The maximum Gasteiger partial charge on any atom is 0.243 e. The fraction of sp³-hybridized carbons (Fsp3) is 0.625. The largest absolute Gasteiger partial charge is 0.381 e. The van der Waals surface area contributed by atoms with Crippen molar-refractivity contribution in [3.8, 4) is 0 Å². The molecule has 0 aromatic heterocycles. The zero-order valence-corrected chi connectivity index (χ0v) is 14.5. The van der Waals surface area contributed by atoms with E-state index in [9.17, 15) is 8.42 Å². The highest BCUT2D eigenvalue weighted by Crippen LogP contribution is 2.23. The van der Waals surface area contributed by atoms with Crippen molar-refractivity contribution in [2.75, 3.05) is 40.4 Å². The van der Waals surface area contributed by atoms with Gasteiger partial charge in [0.1, 0.15) is 0 Å². The Hall–Kier alpha value is -0.950. The predicted octanol–water partition coefficient (Wildman–Crippen LogP) is 1.73. The second-order valence-electron chi connectivity index (χ2n) is 6.08. The summed E-state index contributed by atoms with van der Waals surface area (Å²) in [4.78, 5) is 2.39. The lowest BCUT2D eigenvalue weighted by atomic mass is 10.1. The van der Waals surface area contributed by atoms with Crippen LogP contribution in [0.2, 0.25) is 0 Å². The highest BCUT2D eigenvalue weighted by Gasteiger charge is 2.32. The van der Waals surface area contributed by atoms with E-state index in [-0.39, 0.29) is 6.04 Å². The molecule has 6 heteroatoms. The van der Waals surface area contributed by atoms with Crippen molar-refractivity contribution in [2.45, 2.75) is 30.7 Å². The van der Waals surface area contributed by atoms with Crippen LogP contribution in [0.5, 0.6) is 0 Å². The Morgan fingerprint density at radius 1 is 1.09 bits per heavy atom. The van der Waals surface area contributed by atoms with Gasteiger partial charge in [-0.15, -0.1) is 0 Å². The average molecular weight is 326 g/mol. The number of ether oxygens (including phenoxy) is 1. The molecule has 1 aliphatic rings. The Morgan fingerprint density at radius 2 is 1.68 bits per heavy atom. The summed E-state index contributed by atoms with van der Waals surface area (Å²) in [6.45, 7) is 4.44. The molecule has 0 unspecified atom stereocenters. The first kappa shape index (κ1) is 17.4. The van der Waals surface area contributed by atoms with Crippen LogP contribution in [0.25, 0.3) is 0 Å². The lowest BCUT2D eigenvalue weighted by Gasteiger charge is -2.34. The van der Waals surface area contributed by atoms with Gasteiger partial charge in [0.2, 0.25) is 10.0 Å². The van der Waals surface area contributed by atoms with E-state index < -0.39 is 10.0 Å². The first-order valence-electron chi connectivity index (χ1n) is 7.72. The van der Waals surface area contributed by atoms with Crippen LogP contribution in [0.15, 0.2) is 29.2 Å². The molecule has 1 heterocycles. The van der Waals surface area contributed by atoms with Crippen LogP contribution in [0.1, 0.15) is 18.4 Å². The van der Waals surface area contributed by atoms with Gasteiger partial charge in [0.25, 0.3) is 0 Å². The fourth-order valence-corrected chi connectivity index (χ4v) is 4.29. The molecule has 2 rings (SSSR count). The molecule has 1 aromatic carbocycles. The summed E-state index contributed by atoms with van der Waals surface area (Å²) in [5.74, 6) is 0. The minimum Gasteiger partial charge on any atom is -0.381 e. The molecule has 1 fully saturated rings. The number of likely N-dealkylation sites (N-methyl/N-ethyl adjacent to an activating group) is 1. The topological polar surface area (TPSA) is 49.9 Å². The summed E-state index contributed by atoms with van der Waals surface area (Å²) < 4.78 is 33.1. The van der Waals surface area contributed by atoms with E-state index in [1.807, 2.05) is 38.1 Å². The van der Waals surface area contributed by atoms with E-state index in [1.54, 1.807) is 16.4 Å². The Balaban J connectivity index is 2.26. The van der Waals surface area contributed by atoms with Gasteiger partial charge >= 0.3 is 0 Å². The Labute approximate surface area is 133 Å². The molecule has 22 heavy (non-hydrogen) atoms. The molecule has 0 spiro atoms. The Morgan fingerprint density at radius 3 is 2.23 bits per heavy atom.